The van der Waals surface area contributed by atoms with Crippen molar-refractivity contribution in [2.45, 2.75) is 26.4 Å². The van der Waals surface area contributed by atoms with Crippen molar-refractivity contribution in [1.29, 1.82) is 0 Å². The predicted molar refractivity (Wildman–Crippen MR) is 117 cm³/mol. The van der Waals surface area contributed by atoms with Crippen molar-refractivity contribution in [3.63, 3.8) is 0 Å². The molecule has 1 atom stereocenters. The lowest BCUT2D eigenvalue weighted by molar-refractivity contribution is -0.130. The van der Waals surface area contributed by atoms with E-state index in [0.717, 1.165) is 23.6 Å². The van der Waals surface area contributed by atoms with Crippen LogP contribution in [0.25, 0.3) is 0 Å². The molecule has 164 valence electrons. The van der Waals surface area contributed by atoms with E-state index in [1.807, 2.05) is 56.3 Å². The van der Waals surface area contributed by atoms with E-state index < -0.39 is 0 Å². The second kappa shape index (κ2) is 9.24. The number of carbonyl (C=O) groups is 2. The van der Waals surface area contributed by atoms with Crippen molar-refractivity contribution in [2.24, 2.45) is 0 Å². The van der Waals surface area contributed by atoms with Gasteiger partial charge in [0.15, 0.2) is 0 Å². The number of benzene rings is 1. The van der Waals surface area contributed by atoms with Crippen LogP contribution in [0.1, 0.15) is 19.0 Å². The number of hydrogen-bond donors (Lipinski definition) is 0. The van der Waals surface area contributed by atoms with E-state index in [4.69, 9.17) is 9.47 Å². The van der Waals surface area contributed by atoms with Gasteiger partial charge in [-0.15, -0.1) is 0 Å². The third-order valence-electron chi connectivity index (χ3n) is 5.53. The number of rotatable bonds is 7. The zero-order valence-corrected chi connectivity index (χ0v) is 18.0. The first kappa shape index (κ1) is 21.0. The smallest absolute Gasteiger partial charge is 0.325 e. The number of hydrogen-bond acceptors (Lipinski definition) is 5. The molecule has 2 aliphatic heterocycles. The second-order valence-electron chi connectivity index (χ2n) is 7.77. The van der Waals surface area contributed by atoms with Gasteiger partial charge in [-0.3, -0.25) is 9.69 Å². The minimum absolute atomic E-state index is 0.0507. The van der Waals surface area contributed by atoms with Crippen molar-refractivity contribution >= 4 is 17.6 Å². The standard InChI is InChI=1S/C23H28N4O4/c1-3-30-19-9-7-18(8-10-19)27-14-13-26(23(27)29)16-22(28)25-12-11-20(15-25)31-21-6-4-5-17(2)24-21/h4-10,20H,3,11-16H2,1-2H3. The van der Waals surface area contributed by atoms with Crippen LogP contribution in [0.15, 0.2) is 42.5 Å². The summed E-state index contributed by atoms with van der Waals surface area (Å²) in [6.07, 6.45) is 0.682. The molecule has 8 heteroatoms. The first-order valence-corrected chi connectivity index (χ1v) is 10.7. The number of ether oxygens (including phenoxy) is 2. The summed E-state index contributed by atoms with van der Waals surface area (Å²) in [5.74, 6) is 1.31. The van der Waals surface area contributed by atoms with Gasteiger partial charge in [0.25, 0.3) is 0 Å². The van der Waals surface area contributed by atoms with Crippen LogP contribution in [-0.2, 0) is 4.79 Å². The summed E-state index contributed by atoms with van der Waals surface area (Å²) >= 11 is 0. The molecule has 4 rings (SSSR count). The molecule has 1 unspecified atom stereocenters. The maximum atomic E-state index is 12.8. The molecule has 0 N–H and O–H groups in total. The average Bonchev–Trinajstić information content (AvgIpc) is 3.36. The number of amides is 3. The highest BCUT2D eigenvalue weighted by Gasteiger charge is 2.34. The van der Waals surface area contributed by atoms with Crippen LogP contribution >= 0.6 is 0 Å². The van der Waals surface area contributed by atoms with Crippen LogP contribution in [-0.4, -0.2) is 72.2 Å². The number of urea groups is 1. The zero-order valence-electron chi connectivity index (χ0n) is 18.0. The molecule has 0 bridgehead atoms. The minimum Gasteiger partial charge on any atom is -0.494 e. The van der Waals surface area contributed by atoms with E-state index in [1.165, 1.54) is 0 Å². The van der Waals surface area contributed by atoms with Gasteiger partial charge in [0.2, 0.25) is 11.8 Å². The molecular weight excluding hydrogens is 396 g/mol. The lowest BCUT2D eigenvalue weighted by Crippen LogP contribution is -2.42. The van der Waals surface area contributed by atoms with E-state index in [0.29, 0.717) is 38.7 Å². The van der Waals surface area contributed by atoms with E-state index >= 15 is 0 Å². The molecule has 1 aromatic heterocycles. The van der Waals surface area contributed by atoms with Gasteiger partial charge < -0.3 is 19.3 Å². The fourth-order valence-electron chi connectivity index (χ4n) is 3.93. The third-order valence-corrected chi connectivity index (χ3v) is 5.53. The van der Waals surface area contributed by atoms with E-state index in [9.17, 15) is 9.59 Å². The lowest BCUT2D eigenvalue weighted by atomic mass is 10.3. The van der Waals surface area contributed by atoms with Crippen LogP contribution in [0.3, 0.4) is 0 Å². The number of pyridine rings is 1. The minimum atomic E-state index is -0.145. The normalized spacial score (nSPS) is 18.6. The Morgan fingerprint density at radius 2 is 1.94 bits per heavy atom. The Bertz CT molecular complexity index is 933. The molecule has 8 nitrogen and oxygen atoms in total. The first-order valence-electron chi connectivity index (χ1n) is 10.7. The molecule has 2 fully saturated rings. The Hall–Kier alpha value is -3.29. The van der Waals surface area contributed by atoms with Crippen LogP contribution in [0.4, 0.5) is 10.5 Å². The van der Waals surface area contributed by atoms with Gasteiger partial charge in [0, 0.05) is 43.5 Å². The van der Waals surface area contributed by atoms with Gasteiger partial charge in [0.1, 0.15) is 18.4 Å². The molecule has 31 heavy (non-hydrogen) atoms. The fourth-order valence-corrected chi connectivity index (χ4v) is 3.93. The summed E-state index contributed by atoms with van der Waals surface area (Å²) in [5.41, 5.74) is 1.71. The summed E-state index contributed by atoms with van der Waals surface area (Å²) in [6, 6.07) is 13.0. The lowest BCUT2D eigenvalue weighted by Gasteiger charge is -2.22. The Balaban J connectivity index is 1.29. The van der Waals surface area contributed by atoms with Crippen molar-refractivity contribution in [3.05, 3.63) is 48.2 Å². The van der Waals surface area contributed by atoms with Gasteiger partial charge in [-0.05, 0) is 44.2 Å². The van der Waals surface area contributed by atoms with Gasteiger partial charge in [-0.25, -0.2) is 9.78 Å². The van der Waals surface area contributed by atoms with Crippen LogP contribution in [0.2, 0.25) is 0 Å². The van der Waals surface area contributed by atoms with Gasteiger partial charge in [-0.2, -0.15) is 0 Å². The molecular formula is C23H28N4O4. The highest BCUT2D eigenvalue weighted by atomic mass is 16.5. The molecule has 0 aliphatic carbocycles. The number of aryl methyl sites for hydroxylation is 1. The summed E-state index contributed by atoms with van der Waals surface area (Å²) in [5, 5.41) is 0. The van der Waals surface area contributed by atoms with Crippen molar-refractivity contribution in [1.82, 2.24) is 14.8 Å². The number of aromatic nitrogens is 1. The topological polar surface area (TPSA) is 75.2 Å². The molecule has 0 spiro atoms. The highest BCUT2D eigenvalue weighted by molar-refractivity contribution is 5.96. The SMILES string of the molecule is CCOc1ccc(N2CCN(CC(=O)N3CCC(Oc4cccc(C)n4)C3)C2=O)cc1. The van der Waals surface area contributed by atoms with Crippen LogP contribution in [0, 0.1) is 6.92 Å². The van der Waals surface area contributed by atoms with Gasteiger partial charge >= 0.3 is 6.03 Å². The number of likely N-dealkylation sites (tertiary alicyclic amines) is 1. The largest absolute Gasteiger partial charge is 0.494 e. The maximum Gasteiger partial charge on any atom is 0.325 e. The third kappa shape index (κ3) is 4.90. The van der Waals surface area contributed by atoms with Crippen molar-refractivity contribution in [2.75, 3.05) is 44.2 Å². The van der Waals surface area contributed by atoms with E-state index in [2.05, 4.69) is 4.98 Å². The van der Waals surface area contributed by atoms with Crippen LogP contribution < -0.4 is 14.4 Å². The second-order valence-corrected chi connectivity index (χ2v) is 7.77. The Morgan fingerprint density at radius 1 is 1.13 bits per heavy atom. The predicted octanol–water partition coefficient (Wildman–Crippen LogP) is 2.71. The molecule has 3 amide bonds. The Kier molecular flexibility index (Phi) is 6.25. The zero-order chi connectivity index (χ0) is 21.8. The summed E-state index contributed by atoms with van der Waals surface area (Å²) < 4.78 is 11.4. The first-order chi connectivity index (χ1) is 15.0. The highest BCUT2D eigenvalue weighted by Crippen LogP contribution is 2.24. The Morgan fingerprint density at radius 3 is 2.68 bits per heavy atom. The van der Waals surface area contributed by atoms with Crippen molar-refractivity contribution in [3.8, 4) is 11.6 Å². The molecule has 3 heterocycles. The maximum absolute atomic E-state index is 12.8. The van der Waals surface area contributed by atoms with Gasteiger partial charge in [-0.1, -0.05) is 6.07 Å². The molecule has 0 saturated carbocycles. The fraction of sp³-hybridized carbons (Fsp3) is 0.435. The van der Waals surface area contributed by atoms with E-state index in [-0.39, 0.29) is 24.6 Å². The Labute approximate surface area is 182 Å². The number of anilines is 1. The molecule has 2 saturated heterocycles. The number of carbonyl (C=O) groups excluding carboxylic acids is 2. The average molecular weight is 425 g/mol. The monoisotopic (exact) mass is 424 g/mol. The molecule has 0 radical (unpaired) electrons. The molecule has 2 aliphatic rings. The summed E-state index contributed by atoms with van der Waals surface area (Å²) in [6.45, 7) is 6.76. The van der Waals surface area contributed by atoms with Crippen LogP contribution in [0.5, 0.6) is 11.6 Å². The quantitative estimate of drug-likeness (QED) is 0.683. The number of nitrogens with zero attached hydrogens (tertiary/aromatic N) is 4. The summed E-state index contributed by atoms with van der Waals surface area (Å²) in [7, 11) is 0. The molecule has 1 aromatic carbocycles. The van der Waals surface area contributed by atoms with E-state index in [1.54, 1.807) is 14.7 Å². The molecule has 2 aromatic rings. The van der Waals surface area contributed by atoms with Crippen molar-refractivity contribution < 1.29 is 19.1 Å². The summed E-state index contributed by atoms with van der Waals surface area (Å²) in [4.78, 5) is 35.0. The van der Waals surface area contributed by atoms with Gasteiger partial charge in [0.05, 0.1) is 13.2 Å².